The van der Waals surface area contributed by atoms with Crippen molar-refractivity contribution in [2.75, 3.05) is 6.61 Å². The van der Waals surface area contributed by atoms with E-state index in [9.17, 15) is 18.0 Å². The molecule has 0 spiro atoms. The summed E-state index contributed by atoms with van der Waals surface area (Å²) >= 11 is 0. The first-order valence-electron chi connectivity index (χ1n) is 3.64. The summed E-state index contributed by atoms with van der Waals surface area (Å²) in [5, 5.41) is 8.53. The Hall–Kier alpha value is -1.86. The van der Waals surface area contributed by atoms with Gasteiger partial charge in [0.1, 0.15) is 0 Å². The Balaban J connectivity index is 2.81. The zero-order valence-electron chi connectivity index (χ0n) is 7.15. The molecule has 0 aliphatic carbocycles. The minimum atomic E-state index is -4.55. The Kier molecular flexibility index (Phi) is 3.08. The summed E-state index contributed by atoms with van der Waals surface area (Å²) in [4.78, 5) is 17.1. The highest BCUT2D eigenvalue weighted by Crippen LogP contribution is 2.18. The van der Waals surface area contributed by atoms with Crippen molar-refractivity contribution < 1.29 is 27.8 Å². The SMILES string of the molecule is O=C(O)c1nccnc1OCC(F)(F)F. The largest absolute Gasteiger partial charge is 0.476 e. The molecule has 1 aromatic heterocycles. The molecule has 8 heteroatoms. The van der Waals surface area contributed by atoms with E-state index in [1.54, 1.807) is 0 Å². The second-order valence-corrected chi connectivity index (χ2v) is 2.42. The van der Waals surface area contributed by atoms with Crippen LogP contribution in [-0.4, -0.2) is 33.8 Å². The Bertz CT molecular complexity index is 367. The number of halogens is 3. The van der Waals surface area contributed by atoms with Gasteiger partial charge in [0.05, 0.1) is 0 Å². The lowest BCUT2D eigenvalue weighted by Crippen LogP contribution is -2.21. The van der Waals surface area contributed by atoms with Crippen molar-refractivity contribution in [3.05, 3.63) is 18.1 Å². The molecule has 0 amide bonds. The van der Waals surface area contributed by atoms with E-state index in [0.29, 0.717) is 0 Å². The van der Waals surface area contributed by atoms with Crippen LogP contribution in [-0.2, 0) is 0 Å². The first kappa shape index (κ1) is 11.2. The van der Waals surface area contributed by atoms with Crippen molar-refractivity contribution in [2.45, 2.75) is 6.18 Å². The van der Waals surface area contributed by atoms with Crippen LogP contribution in [0, 0.1) is 0 Å². The van der Waals surface area contributed by atoms with Crippen LogP contribution in [0.15, 0.2) is 12.4 Å². The number of hydrogen-bond acceptors (Lipinski definition) is 4. The normalized spacial score (nSPS) is 11.1. The fourth-order valence-electron chi connectivity index (χ4n) is 0.728. The lowest BCUT2D eigenvalue weighted by Gasteiger charge is -2.08. The third-order valence-electron chi connectivity index (χ3n) is 1.24. The first-order valence-corrected chi connectivity index (χ1v) is 3.64. The number of hydrogen-bond donors (Lipinski definition) is 1. The summed E-state index contributed by atoms with van der Waals surface area (Å²) in [5.41, 5.74) is -0.651. The summed E-state index contributed by atoms with van der Waals surface area (Å²) in [5.74, 6) is -2.15. The fourth-order valence-corrected chi connectivity index (χ4v) is 0.728. The van der Waals surface area contributed by atoms with Crippen LogP contribution < -0.4 is 4.74 Å². The highest BCUT2D eigenvalue weighted by Gasteiger charge is 2.29. The van der Waals surface area contributed by atoms with Crippen LogP contribution in [0.1, 0.15) is 10.5 Å². The van der Waals surface area contributed by atoms with Gasteiger partial charge in [0.2, 0.25) is 11.6 Å². The van der Waals surface area contributed by atoms with Gasteiger partial charge in [-0.3, -0.25) is 0 Å². The van der Waals surface area contributed by atoms with E-state index in [1.165, 1.54) is 0 Å². The van der Waals surface area contributed by atoms with Crippen molar-refractivity contribution in [3.8, 4) is 5.88 Å². The van der Waals surface area contributed by atoms with E-state index < -0.39 is 30.3 Å². The van der Waals surface area contributed by atoms with Gasteiger partial charge in [-0.15, -0.1) is 0 Å². The fraction of sp³-hybridized carbons (Fsp3) is 0.286. The lowest BCUT2D eigenvalue weighted by atomic mass is 10.4. The van der Waals surface area contributed by atoms with E-state index >= 15 is 0 Å². The Labute approximate surface area is 81.5 Å². The standard InChI is InChI=1S/C7H5F3N2O3/c8-7(9,10)3-15-5-4(6(13)14)11-1-2-12-5/h1-2H,3H2,(H,13,14). The zero-order valence-corrected chi connectivity index (χ0v) is 7.15. The minimum absolute atomic E-state index is 0.651. The number of carboxylic acids is 1. The maximum absolute atomic E-state index is 11.8. The third kappa shape index (κ3) is 3.41. The summed E-state index contributed by atoms with van der Waals surface area (Å²) < 4.78 is 39.4. The average molecular weight is 222 g/mol. The number of rotatable bonds is 3. The Morgan fingerprint density at radius 2 is 2.00 bits per heavy atom. The van der Waals surface area contributed by atoms with Gasteiger partial charge in [0.15, 0.2) is 6.61 Å². The highest BCUT2D eigenvalue weighted by atomic mass is 19.4. The molecule has 0 radical (unpaired) electrons. The van der Waals surface area contributed by atoms with Crippen LogP contribution in [0.5, 0.6) is 5.88 Å². The van der Waals surface area contributed by atoms with Crippen LogP contribution in [0.4, 0.5) is 13.2 Å². The summed E-state index contributed by atoms with van der Waals surface area (Å²) in [6.07, 6.45) is -2.46. The van der Waals surface area contributed by atoms with E-state index in [-0.39, 0.29) is 0 Å². The molecule has 0 unspecified atom stereocenters. The van der Waals surface area contributed by atoms with Gasteiger partial charge in [0, 0.05) is 12.4 Å². The van der Waals surface area contributed by atoms with Crippen molar-refractivity contribution >= 4 is 5.97 Å². The molecule has 1 rings (SSSR count). The number of aromatic nitrogens is 2. The quantitative estimate of drug-likeness (QED) is 0.829. The lowest BCUT2D eigenvalue weighted by molar-refractivity contribution is -0.154. The molecule has 1 heterocycles. The number of nitrogens with zero attached hydrogens (tertiary/aromatic N) is 2. The predicted molar refractivity (Wildman–Crippen MR) is 40.5 cm³/mol. The molecule has 0 aliphatic rings. The van der Waals surface area contributed by atoms with Crippen molar-refractivity contribution in [1.82, 2.24) is 9.97 Å². The molecule has 0 aliphatic heterocycles. The average Bonchev–Trinajstić information content (AvgIpc) is 2.14. The van der Waals surface area contributed by atoms with Crippen LogP contribution in [0.25, 0.3) is 0 Å². The van der Waals surface area contributed by atoms with Crippen LogP contribution in [0.3, 0.4) is 0 Å². The predicted octanol–water partition coefficient (Wildman–Crippen LogP) is 1.12. The molecule has 1 aromatic rings. The van der Waals surface area contributed by atoms with E-state index in [2.05, 4.69) is 14.7 Å². The molecule has 0 saturated carbocycles. The van der Waals surface area contributed by atoms with E-state index in [4.69, 9.17) is 5.11 Å². The molecule has 0 bridgehead atoms. The van der Waals surface area contributed by atoms with Crippen molar-refractivity contribution in [1.29, 1.82) is 0 Å². The monoisotopic (exact) mass is 222 g/mol. The van der Waals surface area contributed by atoms with Gasteiger partial charge in [-0.05, 0) is 0 Å². The van der Waals surface area contributed by atoms with Gasteiger partial charge in [-0.1, -0.05) is 0 Å². The first-order chi connectivity index (χ1) is 6.90. The molecule has 0 saturated heterocycles. The zero-order chi connectivity index (χ0) is 11.5. The second-order valence-electron chi connectivity index (χ2n) is 2.42. The van der Waals surface area contributed by atoms with Crippen molar-refractivity contribution in [3.63, 3.8) is 0 Å². The Morgan fingerprint density at radius 1 is 1.40 bits per heavy atom. The van der Waals surface area contributed by atoms with Crippen molar-refractivity contribution in [2.24, 2.45) is 0 Å². The van der Waals surface area contributed by atoms with Gasteiger partial charge in [-0.25, -0.2) is 14.8 Å². The number of carbonyl (C=O) groups is 1. The van der Waals surface area contributed by atoms with Crippen LogP contribution >= 0.6 is 0 Å². The second kappa shape index (κ2) is 4.11. The summed E-state index contributed by atoms with van der Waals surface area (Å²) in [6, 6.07) is 0. The number of carboxylic acid groups (broad SMARTS) is 1. The number of alkyl halides is 3. The maximum Gasteiger partial charge on any atom is 0.422 e. The molecular weight excluding hydrogens is 217 g/mol. The molecular formula is C7H5F3N2O3. The van der Waals surface area contributed by atoms with Gasteiger partial charge in [0.25, 0.3) is 0 Å². The third-order valence-corrected chi connectivity index (χ3v) is 1.24. The molecule has 82 valence electrons. The maximum atomic E-state index is 11.8. The topological polar surface area (TPSA) is 72.3 Å². The molecule has 5 nitrogen and oxygen atoms in total. The van der Waals surface area contributed by atoms with Gasteiger partial charge in [-0.2, -0.15) is 13.2 Å². The van der Waals surface area contributed by atoms with E-state index in [1.807, 2.05) is 0 Å². The summed E-state index contributed by atoms with van der Waals surface area (Å²) in [7, 11) is 0. The van der Waals surface area contributed by atoms with Gasteiger partial charge < -0.3 is 9.84 Å². The smallest absolute Gasteiger partial charge is 0.422 e. The number of ether oxygens (including phenoxy) is 1. The molecule has 15 heavy (non-hydrogen) atoms. The molecule has 0 atom stereocenters. The molecule has 1 N–H and O–H groups in total. The minimum Gasteiger partial charge on any atom is -0.476 e. The molecule has 0 fully saturated rings. The van der Waals surface area contributed by atoms with Crippen LogP contribution in [0.2, 0.25) is 0 Å². The highest BCUT2D eigenvalue weighted by molar-refractivity contribution is 5.87. The number of aromatic carboxylic acids is 1. The van der Waals surface area contributed by atoms with Gasteiger partial charge >= 0.3 is 12.1 Å². The molecule has 0 aromatic carbocycles. The van der Waals surface area contributed by atoms with E-state index in [0.717, 1.165) is 12.4 Å². The summed E-state index contributed by atoms with van der Waals surface area (Å²) in [6.45, 7) is -1.61. The Morgan fingerprint density at radius 3 is 2.53 bits per heavy atom.